The molecule has 0 radical (unpaired) electrons. The van der Waals surface area contributed by atoms with E-state index in [1.807, 2.05) is 12.1 Å². The van der Waals surface area contributed by atoms with Crippen molar-refractivity contribution in [1.29, 1.82) is 0 Å². The Morgan fingerprint density at radius 2 is 1.71 bits per heavy atom. The van der Waals surface area contributed by atoms with Gasteiger partial charge in [-0.3, -0.25) is 4.79 Å². The molecule has 1 aliphatic rings. The predicted octanol–water partition coefficient (Wildman–Crippen LogP) is 4.06. The highest BCUT2D eigenvalue weighted by Crippen LogP contribution is 2.18. The van der Waals surface area contributed by atoms with Crippen molar-refractivity contribution < 1.29 is 4.79 Å². The van der Waals surface area contributed by atoms with Gasteiger partial charge in [-0.05, 0) is 36.5 Å². The van der Waals surface area contributed by atoms with Gasteiger partial charge in [0.2, 0.25) is 5.91 Å². The van der Waals surface area contributed by atoms with E-state index in [2.05, 4.69) is 36.6 Å². The summed E-state index contributed by atoms with van der Waals surface area (Å²) in [5, 5.41) is 6.36. The van der Waals surface area contributed by atoms with Gasteiger partial charge in [-0.25, -0.2) is 0 Å². The largest absolute Gasteiger partial charge is 0.325 e. The second kappa shape index (κ2) is 8.18. The third-order valence-electron chi connectivity index (χ3n) is 4.27. The molecule has 0 bridgehead atoms. The van der Waals surface area contributed by atoms with Crippen LogP contribution in [0.2, 0.25) is 0 Å². The van der Waals surface area contributed by atoms with E-state index in [1.54, 1.807) is 0 Å². The van der Waals surface area contributed by atoms with Crippen LogP contribution >= 0.6 is 0 Å². The Hall–Kier alpha value is -1.35. The first-order valence-corrected chi connectivity index (χ1v) is 8.28. The number of carbonyl (C=O) groups excluding carboxylic acids is 1. The number of rotatable bonds is 5. The molecule has 0 unspecified atom stereocenters. The molecule has 1 aromatic carbocycles. The first-order chi connectivity index (χ1) is 10.1. The molecule has 0 aliphatic heterocycles. The lowest BCUT2D eigenvalue weighted by Crippen LogP contribution is -2.35. The van der Waals surface area contributed by atoms with E-state index in [9.17, 15) is 4.79 Å². The zero-order valence-corrected chi connectivity index (χ0v) is 13.3. The molecule has 0 saturated heterocycles. The lowest BCUT2D eigenvalue weighted by atomic mass is 10.0. The van der Waals surface area contributed by atoms with E-state index in [0.29, 0.717) is 18.5 Å². The van der Waals surface area contributed by atoms with Crippen molar-refractivity contribution in [3.63, 3.8) is 0 Å². The van der Waals surface area contributed by atoms with Crippen LogP contribution in [-0.4, -0.2) is 18.5 Å². The zero-order valence-electron chi connectivity index (χ0n) is 13.3. The number of amides is 1. The first-order valence-electron chi connectivity index (χ1n) is 8.28. The molecule has 1 aromatic rings. The van der Waals surface area contributed by atoms with Crippen molar-refractivity contribution in [1.82, 2.24) is 5.32 Å². The molecule has 2 rings (SSSR count). The SMILES string of the molecule is CC(C)c1ccc(NC(=O)CNC2CCCCCC2)cc1. The molecule has 2 N–H and O–H groups in total. The highest BCUT2D eigenvalue weighted by Gasteiger charge is 2.13. The van der Waals surface area contributed by atoms with E-state index in [-0.39, 0.29) is 5.91 Å². The summed E-state index contributed by atoms with van der Waals surface area (Å²) in [7, 11) is 0. The van der Waals surface area contributed by atoms with Crippen molar-refractivity contribution >= 4 is 11.6 Å². The molecular formula is C18H28N2O. The smallest absolute Gasteiger partial charge is 0.238 e. The van der Waals surface area contributed by atoms with Crippen molar-refractivity contribution in [2.75, 3.05) is 11.9 Å². The molecule has 1 amide bonds. The van der Waals surface area contributed by atoms with Gasteiger partial charge in [0.25, 0.3) is 0 Å². The summed E-state index contributed by atoms with van der Waals surface area (Å²) in [5.74, 6) is 0.572. The quantitative estimate of drug-likeness (QED) is 0.802. The molecule has 0 atom stereocenters. The maximum absolute atomic E-state index is 12.0. The second-order valence-corrected chi connectivity index (χ2v) is 6.39. The van der Waals surface area contributed by atoms with E-state index in [0.717, 1.165) is 5.69 Å². The summed E-state index contributed by atoms with van der Waals surface area (Å²) in [5.41, 5.74) is 2.18. The van der Waals surface area contributed by atoms with Gasteiger partial charge in [0, 0.05) is 11.7 Å². The summed E-state index contributed by atoms with van der Waals surface area (Å²) < 4.78 is 0. The maximum Gasteiger partial charge on any atom is 0.238 e. The Morgan fingerprint density at radius 3 is 2.29 bits per heavy atom. The zero-order chi connectivity index (χ0) is 15.1. The number of benzene rings is 1. The number of carbonyl (C=O) groups is 1. The van der Waals surface area contributed by atoms with E-state index in [4.69, 9.17) is 0 Å². The van der Waals surface area contributed by atoms with Gasteiger partial charge in [0.05, 0.1) is 6.54 Å². The molecule has 0 heterocycles. The summed E-state index contributed by atoms with van der Waals surface area (Å²) in [6.45, 7) is 4.76. The van der Waals surface area contributed by atoms with Gasteiger partial charge in [-0.15, -0.1) is 0 Å². The minimum Gasteiger partial charge on any atom is -0.325 e. The Bertz CT molecular complexity index is 431. The average molecular weight is 288 g/mol. The highest BCUT2D eigenvalue weighted by molar-refractivity contribution is 5.92. The van der Waals surface area contributed by atoms with Crippen LogP contribution in [0.15, 0.2) is 24.3 Å². The van der Waals surface area contributed by atoms with Crippen LogP contribution in [0, 0.1) is 0 Å². The van der Waals surface area contributed by atoms with Crippen LogP contribution < -0.4 is 10.6 Å². The highest BCUT2D eigenvalue weighted by atomic mass is 16.1. The monoisotopic (exact) mass is 288 g/mol. The molecule has 0 spiro atoms. The third-order valence-corrected chi connectivity index (χ3v) is 4.27. The first kappa shape index (κ1) is 16.0. The fraction of sp³-hybridized carbons (Fsp3) is 0.611. The second-order valence-electron chi connectivity index (χ2n) is 6.39. The molecular weight excluding hydrogens is 260 g/mol. The van der Waals surface area contributed by atoms with E-state index >= 15 is 0 Å². The van der Waals surface area contributed by atoms with Gasteiger partial charge in [0.1, 0.15) is 0 Å². The molecule has 21 heavy (non-hydrogen) atoms. The van der Waals surface area contributed by atoms with E-state index < -0.39 is 0 Å². The Balaban J connectivity index is 1.75. The number of nitrogens with one attached hydrogen (secondary N) is 2. The third kappa shape index (κ3) is 5.50. The van der Waals surface area contributed by atoms with Crippen molar-refractivity contribution in [3.05, 3.63) is 29.8 Å². The maximum atomic E-state index is 12.0. The standard InChI is InChI=1S/C18H28N2O/c1-14(2)15-9-11-17(12-10-15)20-18(21)13-19-16-7-5-3-4-6-8-16/h9-12,14,16,19H,3-8,13H2,1-2H3,(H,20,21). The van der Waals surface area contributed by atoms with Crippen LogP contribution in [0.4, 0.5) is 5.69 Å². The minimum absolute atomic E-state index is 0.0524. The summed E-state index contributed by atoms with van der Waals surface area (Å²) >= 11 is 0. The van der Waals surface area contributed by atoms with Crippen LogP contribution in [0.3, 0.4) is 0 Å². The van der Waals surface area contributed by atoms with Gasteiger partial charge < -0.3 is 10.6 Å². The van der Waals surface area contributed by atoms with Crippen LogP contribution in [0.25, 0.3) is 0 Å². The van der Waals surface area contributed by atoms with Crippen LogP contribution in [0.5, 0.6) is 0 Å². The van der Waals surface area contributed by atoms with Crippen LogP contribution in [0.1, 0.15) is 63.9 Å². The number of anilines is 1. The number of hydrogen-bond donors (Lipinski definition) is 2. The van der Waals surface area contributed by atoms with Gasteiger partial charge in [-0.2, -0.15) is 0 Å². The Labute approximate surface area is 128 Å². The molecule has 1 aliphatic carbocycles. The van der Waals surface area contributed by atoms with Crippen molar-refractivity contribution in [2.24, 2.45) is 0 Å². The lowest BCUT2D eigenvalue weighted by Gasteiger charge is -2.16. The molecule has 1 fully saturated rings. The molecule has 116 valence electrons. The molecule has 0 aromatic heterocycles. The average Bonchev–Trinajstić information content (AvgIpc) is 2.74. The normalized spacial score (nSPS) is 16.7. The van der Waals surface area contributed by atoms with Gasteiger partial charge in [-0.1, -0.05) is 51.7 Å². The molecule has 3 nitrogen and oxygen atoms in total. The van der Waals surface area contributed by atoms with Gasteiger partial charge in [0.15, 0.2) is 0 Å². The summed E-state index contributed by atoms with van der Waals surface area (Å²) in [4.78, 5) is 12.0. The topological polar surface area (TPSA) is 41.1 Å². The summed E-state index contributed by atoms with van der Waals surface area (Å²) in [6.07, 6.45) is 7.66. The number of hydrogen-bond acceptors (Lipinski definition) is 2. The predicted molar refractivity (Wildman–Crippen MR) is 88.7 cm³/mol. The van der Waals surface area contributed by atoms with Crippen molar-refractivity contribution in [3.8, 4) is 0 Å². The molecule has 3 heteroatoms. The van der Waals surface area contributed by atoms with Gasteiger partial charge >= 0.3 is 0 Å². The summed E-state index contributed by atoms with van der Waals surface area (Å²) in [6, 6.07) is 8.65. The van der Waals surface area contributed by atoms with Crippen LogP contribution in [-0.2, 0) is 4.79 Å². The van der Waals surface area contributed by atoms with E-state index in [1.165, 1.54) is 44.1 Å². The van der Waals surface area contributed by atoms with Crippen molar-refractivity contribution in [2.45, 2.75) is 64.3 Å². The lowest BCUT2D eigenvalue weighted by molar-refractivity contribution is -0.115. The molecule has 1 saturated carbocycles. The fourth-order valence-corrected chi connectivity index (χ4v) is 2.88. The minimum atomic E-state index is 0.0524. The Kier molecular flexibility index (Phi) is 6.24. The fourth-order valence-electron chi connectivity index (χ4n) is 2.88. The Morgan fingerprint density at radius 1 is 1.10 bits per heavy atom.